The van der Waals surface area contributed by atoms with Crippen molar-refractivity contribution in [3.05, 3.63) is 133 Å². The van der Waals surface area contributed by atoms with Crippen molar-refractivity contribution in [2.45, 2.75) is 19.3 Å². The molecule has 0 aliphatic heterocycles. The molecular formula is C39H26N6. The summed E-state index contributed by atoms with van der Waals surface area (Å²) in [6, 6.07) is 42.2. The summed E-state index contributed by atoms with van der Waals surface area (Å²) in [7, 11) is 0. The van der Waals surface area contributed by atoms with Crippen molar-refractivity contribution in [1.29, 1.82) is 0 Å². The number of hydrogen-bond donors (Lipinski definition) is 0. The zero-order valence-corrected chi connectivity index (χ0v) is 24.7. The van der Waals surface area contributed by atoms with Gasteiger partial charge in [-0.1, -0.05) is 66.7 Å². The lowest BCUT2D eigenvalue weighted by Crippen LogP contribution is -2.22. The molecule has 10 aromatic rings. The topological polar surface area (TPSA) is 60.4 Å². The second-order valence-electron chi connectivity index (χ2n) is 12.4. The van der Waals surface area contributed by atoms with Crippen molar-refractivity contribution >= 4 is 77.0 Å². The van der Waals surface area contributed by atoms with Crippen molar-refractivity contribution in [3.63, 3.8) is 0 Å². The molecule has 6 heteroatoms. The first-order valence-electron chi connectivity index (χ1n) is 15.3. The normalized spacial score (nSPS) is 12.7. The minimum Gasteiger partial charge on any atom is -0.292 e. The average molecular weight is 579 g/mol. The van der Waals surface area contributed by atoms with E-state index < -0.39 is 5.41 Å². The Kier molecular flexibility index (Phi) is 4.70. The number of aromatic nitrogens is 6. The minimum absolute atomic E-state index is 0.469. The Labute approximate surface area is 257 Å². The van der Waals surface area contributed by atoms with Crippen LogP contribution in [0.15, 0.2) is 121 Å². The van der Waals surface area contributed by atoms with Gasteiger partial charge in [0.05, 0.1) is 55.5 Å². The SMILES string of the molecule is CC(C)(c1ccc2c(n1)c1ccccc1n1c3ccccc3nc21)c1ccc2c(n1)c1ccccc1c1nc3ccccc3n21. The van der Waals surface area contributed by atoms with Crippen molar-refractivity contribution < 1.29 is 0 Å². The van der Waals surface area contributed by atoms with Gasteiger partial charge in [0, 0.05) is 27.0 Å². The number of rotatable bonds is 2. The summed E-state index contributed by atoms with van der Waals surface area (Å²) >= 11 is 0. The standard InChI is InChI=1S/C39H26N6/c1-39(2,33-21-19-26-35(42-33)25-13-5-8-16-29(25)44-30-17-9-6-14-27(30)41-38(26)44)34-22-20-32-36(43-34)23-11-3-4-12-24(23)37-40-28-15-7-10-18-31(28)45(32)37/h3-22H,1-2H3. The monoisotopic (exact) mass is 578 g/mol. The number of para-hydroxylation sites is 5. The molecule has 6 heterocycles. The van der Waals surface area contributed by atoms with Gasteiger partial charge in [-0.15, -0.1) is 0 Å². The number of hydrogen-bond acceptors (Lipinski definition) is 4. The maximum absolute atomic E-state index is 5.40. The maximum atomic E-state index is 5.40. The molecular weight excluding hydrogens is 552 g/mol. The highest BCUT2D eigenvalue weighted by molar-refractivity contribution is 6.13. The van der Waals surface area contributed by atoms with Gasteiger partial charge in [-0.3, -0.25) is 13.8 Å². The van der Waals surface area contributed by atoms with Gasteiger partial charge < -0.3 is 0 Å². The summed E-state index contributed by atoms with van der Waals surface area (Å²) in [6.07, 6.45) is 0. The van der Waals surface area contributed by atoms with Crippen LogP contribution in [0.5, 0.6) is 0 Å². The summed E-state index contributed by atoms with van der Waals surface area (Å²) < 4.78 is 4.51. The van der Waals surface area contributed by atoms with Crippen LogP contribution in [0.2, 0.25) is 0 Å². The fraction of sp³-hybridized carbons (Fsp3) is 0.0769. The number of benzene rings is 4. The fourth-order valence-corrected chi connectivity index (χ4v) is 7.16. The van der Waals surface area contributed by atoms with E-state index >= 15 is 0 Å². The number of pyridine rings is 4. The molecule has 0 bridgehead atoms. The van der Waals surface area contributed by atoms with E-state index in [4.69, 9.17) is 19.9 Å². The Morgan fingerprint density at radius 3 is 1.62 bits per heavy atom. The van der Waals surface area contributed by atoms with E-state index in [1.54, 1.807) is 0 Å². The molecule has 0 fully saturated rings. The van der Waals surface area contributed by atoms with E-state index in [1.807, 2.05) is 12.1 Å². The van der Waals surface area contributed by atoms with Crippen LogP contribution < -0.4 is 0 Å². The Bertz CT molecular complexity index is 2860. The number of imidazole rings is 2. The smallest absolute Gasteiger partial charge is 0.147 e. The Hall–Kier alpha value is -5.88. The van der Waals surface area contributed by atoms with Crippen molar-refractivity contribution in [3.8, 4) is 0 Å². The van der Waals surface area contributed by atoms with Crippen molar-refractivity contribution in [2.24, 2.45) is 0 Å². The zero-order valence-electron chi connectivity index (χ0n) is 24.7. The van der Waals surface area contributed by atoms with Crippen LogP contribution in [0.25, 0.3) is 77.0 Å². The molecule has 10 rings (SSSR count). The molecule has 0 saturated heterocycles. The molecule has 212 valence electrons. The van der Waals surface area contributed by atoms with Crippen LogP contribution in [0, 0.1) is 0 Å². The van der Waals surface area contributed by atoms with Crippen LogP contribution in [0.4, 0.5) is 0 Å². The Morgan fingerprint density at radius 2 is 0.911 bits per heavy atom. The molecule has 0 atom stereocenters. The summed E-state index contributed by atoms with van der Waals surface area (Å²) in [5.74, 6) is 0. The predicted molar refractivity (Wildman–Crippen MR) is 183 cm³/mol. The molecule has 0 unspecified atom stereocenters. The molecule has 45 heavy (non-hydrogen) atoms. The van der Waals surface area contributed by atoms with Gasteiger partial charge in [0.1, 0.15) is 11.3 Å². The molecule has 0 amide bonds. The second-order valence-corrected chi connectivity index (χ2v) is 12.4. The third kappa shape index (κ3) is 3.23. The molecule has 0 aliphatic carbocycles. The molecule has 0 N–H and O–H groups in total. The Morgan fingerprint density at radius 1 is 0.400 bits per heavy atom. The molecule has 0 aliphatic rings. The van der Waals surface area contributed by atoms with Crippen LogP contribution in [-0.2, 0) is 5.41 Å². The summed E-state index contributed by atoms with van der Waals surface area (Å²) in [4.78, 5) is 20.9. The van der Waals surface area contributed by atoms with Gasteiger partial charge in [-0.05, 0) is 68.4 Å². The lowest BCUT2D eigenvalue weighted by molar-refractivity contribution is 0.601. The summed E-state index contributed by atoms with van der Waals surface area (Å²) in [5, 5.41) is 4.33. The van der Waals surface area contributed by atoms with E-state index in [1.165, 1.54) is 0 Å². The van der Waals surface area contributed by atoms with E-state index in [0.29, 0.717) is 0 Å². The van der Waals surface area contributed by atoms with Gasteiger partial charge >= 0.3 is 0 Å². The van der Waals surface area contributed by atoms with Crippen molar-refractivity contribution in [1.82, 2.24) is 28.7 Å². The highest BCUT2D eigenvalue weighted by Gasteiger charge is 2.28. The maximum Gasteiger partial charge on any atom is 0.147 e. The second kappa shape index (κ2) is 8.61. The van der Waals surface area contributed by atoms with E-state index in [9.17, 15) is 0 Å². The van der Waals surface area contributed by atoms with Crippen LogP contribution >= 0.6 is 0 Å². The van der Waals surface area contributed by atoms with Gasteiger partial charge in [0.2, 0.25) is 0 Å². The molecule has 0 saturated carbocycles. The van der Waals surface area contributed by atoms with E-state index in [-0.39, 0.29) is 0 Å². The fourth-order valence-electron chi connectivity index (χ4n) is 7.16. The van der Waals surface area contributed by atoms with Gasteiger partial charge in [0.15, 0.2) is 0 Å². The third-order valence-electron chi connectivity index (χ3n) is 9.48. The van der Waals surface area contributed by atoms with Gasteiger partial charge in [-0.25, -0.2) is 15.0 Å². The first-order chi connectivity index (χ1) is 22.1. The quantitative estimate of drug-likeness (QED) is 0.192. The highest BCUT2D eigenvalue weighted by atomic mass is 15.0. The Balaban J connectivity index is 1.24. The molecule has 6 aromatic heterocycles. The van der Waals surface area contributed by atoms with E-state index in [2.05, 4.69) is 132 Å². The first-order valence-corrected chi connectivity index (χ1v) is 15.3. The lowest BCUT2D eigenvalue weighted by atomic mass is 9.84. The largest absolute Gasteiger partial charge is 0.292 e. The molecule has 0 radical (unpaired) electrons. The zero-order chi connectivity index (χ0) is 29.9. The van der Waals surface area contributed by atoms with Gasteiger partial charge in [0.25, 0.3) is 0 Å². The average Bonchev–Trinajstić information content (AvgIpc) is 3.68. The number of nitrogens with zero attached hydrogens (tertiary/aromatic N) is 6. The first kappa shape index (κ1) is 24.6. The predicted octanol–water partition coefficient (Wildman–Crippen LogP) is 9.02. The van der Waals surface area contributed by atoms with E-state index in [0.717, 1.165) is 88.4 Å². The molecule has 6 nitrogen and oxygen atoms in total. The lowest BCUT2D eigenvalue weighted by Gasteiger charge is -2.25. The summed E-state index contributed by atoms with van der Waals surface area (Å²) in [6.45, 7) is 4.43. The van der Waals surface area contributed by atoms with Gasteiger partial charge in [-0.2, -0.15) is 0 Å². The number of fused-ring (bicyclic) bond motifs is 16. The van der Waals surface area contributed by atoms with Crippen LogP contribution in [0.3, 0.4) is 0 Å². The van der Waals surface area contributed by atoms with Crippen LogP contribution in [-0.4, -0.2) is 28.7 Å². The van der Waals surface area contributed by atoms with Crippen LogP contribution in [0.1, 0.15) is 25.2 Å². The highest BCUT2D eigenvalue weighted by Crippen LogP contribution is 2.37. The van der Waals surface area contributed by atoms with Crippen molar-refractivity contribution in [2.75, 3.05) is 0 Å². The molecule has 0 spiro atoms. The minimum atomic E-state index is -0.469. The molecule has 4 aromatic carbocycles. The third-order valence-corrected chi connectivity index (χ3v) is 9.48. The summed E-state index contributed by atoms with van der Waals surface area (Å²) in [5.41, 5.74) is 11.5.